The monoisotopic (exact) mass is 492 g/mol. The van der Waals surface area contributed by atoms with E-state index in [1.807, 2.05) is 0 Å². The fourth-order valence-corrected chi connectivity index (χ4v) is 3.71. The van der Waals surface area contributed by atoms with Crippen molar-refractivity contribution in [3.8, 4) is 0 Å². The van der Waals surface area contributed by atoms with Gasteiger partial charge in [-0.15, -0.1) is 0 Å². The molecule has 0 saturated heterocycles. The van der Waals surface area contributed by atoms with Crippen LogP contribution < -0.4 is 5.32 Å². The van der Waals surface area contributed by atoms with Crippen molar-refractivity contribution in [2.45, 2.75) is 25.7 Å². The van der Waals surface area contributed by atoms with E-state index >= 15 is 0 Å². The first-order chi connectivity index (χ1) is 16.5. The zero-order chi connectivity index (χ0) is 25.8. The van der Waals surface area contributed by atoms with Gasteiger partial charge in [-0.25, -0.2) is 14.4 Å². The van der Waals surface area contributed by atoms with Crippen molar-refractivity contribution in [3.63, 3.8) is 0 Å². The average molecular weight is 492 g/mol. The highest BCUT2D eigenvalue weighted by atomic mass is 19.4. The highest BCUT2D eigenvalue weighted by Crippen LogP contribution is 2.39. The summed E-state index contributed by atoms with van der Waals surface area (Å²) in [5, 5.41) is 11.6. The smallest absolute Gasteiger partial charge is 0.416 e. The van der Waals surface area contributed by atoms with Gasteiger partial charge >= 0.3 is 24.1 Å². The molecule has 2 amide bonds. The number of methoxy groups -OCH3 is 1. The third kappa shape index (κ3) is 5.80. The van der Waals surface area contributed by atoms with Gasteiger partial charge in [0.15, 0.2) is 0 Å². The van der Waals surface area contributed by atoms with E-state index in [-0.39, 0.29) is 42.2 Å². The number of amides is 2. The van der Waals surface area contributed by atoms with Gasteiger partial charge in [0, 0.05) is 12.8 Å². The summed E-state index contributed by atoms with van der Waals surface area (Å²) in [6, 6.07) is 8.29. The Balaban J connectivity index is 2.05. The van der Waals surface area contributed by atoms with Gasteiger partial charge in [-0.3, -0.25) is 4.90 Å². The number of alkyl halides is 3. The van der Waals surface area contributed by atoms with Gasteiger partial charge in [-0.2, -0.15) is 13.2 Å². The lowest BCUT2D eigenvalue weighted by Crippen LogP contribution is -2.48. The predicted molar refractivity (Wildman–Crippen MR) is 117 cm³/mol. The van der Waals surface area contributed by atoms with Crippen molar-refractivity contribution >= 4 is 18.0 Å². The molecule has 0 radical (unpaired) electrons. The summed E-state index contributed by atoms with van der Waals surface area (Å²) in [7, 11) is 1.40. The fourth-order valence-electron chi connectivity index (χ4n) is 3.71. The molecule has 8 nitrogen and oxygen atoms in total. The number of benzene rings is 2. The van der Waals surface area contributed by atoms with E-state index in [2.05, 4.69) is 5.32 Å². The first-order valence-electron chi connectivity index (χ1n) is 10.5. The van der Waals surface area contributed by atoms with Crippen molar-refractivity contribution in [2.75, 3.05) is 20.3 Å². The van der Waals surface area contributed by atoms with Crippen molar-refractivity contribution in [2.24, 2.45) is 0 Å². The number of nitrogens with one attached hydrogen (secondary N) is 1. The Kier molecular flexibility index (Phi) is 7.80. The molecule has 2 N–H and O–H groups in total. The molecule has 3 rings (SSSR count). The summed E-state index contributed by atoms with van der Waals surface area (Å²) >= 11 is 0. The molecule has 1 aliphatic heterocycles. The lowest BCUT2D eigenvalue weighted by atomic mass is 9.91. The Morgan fingerprint density at radius 1 is 1.09 bits per heavy atom. The van der Waals surface area contributed by atoms with E-state index in [0.29, 0.717) is 5.56 Å². The van der Waals surface area contributed by atoms with Crippen molar-refractivity contribution in [1.82, 2.24) is 10.2 Å². The number of rotatable bonds is 8. The van der Waals surface area contributed by atoms with E-state index in [4.69, 9.17) is 14.6 Å². The largest absolute Gasteiger partial charge is 0.478 e. The second-order valence-corrected chi connectivity index (χ2v) is 7.68. The average Bonchev–Trinajstić information content (AvgIpc) is 2.81. The molecule has 35 heavy (non-hydrogen) atoms. The van der Waals surface area contributed by atoms with E-state index < -0.39 is 35.8 Å². The Morgan fingerprint density at radius 3 is 2.34 bits per heavy atom. The summed E-state index contributed by atoms with van der Waals surface area (Å²) in [5.41, 5.74) is -0.726. The van der Waals surface area contributed by atoms with Crippen LogP contribution in [0, 0.1) is 0 Å². The molecule has 0 saturated carbocycles. The van der Waals surface area contributed by atoms with Crippen molar-refractivity contribution in [1.29, 1.82) is 0 Å². The third-order valence-electron chi connectivity index (χ3n) is 5.46. The Hall–Kier alpha value is -3.86. The number of hydrogen-bond donors (Lipinski definition) is 2. The maximum absolute atomic E-state index is 13.7. The molecule has 2 aromatic rings. The minimum atomic E-state index is -4.72. The third-order valence-corrected chi connectivity index (χ3v) is 5.46. The van der Waals surface area contributed by atoms with E-state index in [0.717, 1.165) is 6.07 Å². The number of nitrogens with zero attached hydrogens (tertiary/aromatic N) is 1. The molecule has 2 aromatic carbocycles. The fraction of sp³-hybridized carbons (Fsp3) is 0.292. The second kappa shape index (κ2) is 10.6. The normalized spacial score (nSPS) is 16.2. The van der Waals surface area contributed by atoms with Crippen LogP contribution in [0.25, 0.3) is 0 Å². The first-order valence-corrected chi connectivity index (χ1v) is 10.5. The van der Waals surface area contributed by atoms with Crippen LogP contribution in [0.4, 0.5) is 18.0 Å². The number of hydrogen-bond acceptors (Lipinski definition) is 5. The molecular formula is C24H23F3N2O6. The quantitative estimate of drug-likeness (QED) is 0.424. The highest BCUT2D eigenvalue weighted by molar-refractivity contribution is 5.95. The standard InChI is InChI=1S/C24H23F3N2O6/c1-14-19(22(32)35-12-11-34-2)20(17-5-3-4-6-18(17)24(25,26)27)28-23(33)29(14)13-15-7-9-16(10-8-15)21(30)31/h3-10,20H,11-13H2,1-2H3,(H,28,33)(H,30,31). The summed E-state index contributed by atoms with van der Waals surface area (Å²) in [6.45, 7) is 1.33. The molecule has 0 bridgehead atoms. The molecule has 1 aliphatic rings. The van der Waals surface area contributed by atoms with Crippen LogP contribution in [-0.4, -0.2) is 48.3 Å². The summed E-state index contributed by atoms with van der Waals surface area (Å²) in [5.74, 6) is -2.01. The molecule has 0 spiro atoms. The molecule has 186 valence electrons. The van der Waals surface area contributed by atoms with Crippen LogP contribution in [-0.2, 0) is 27.0 Å². The number of carbonyl (C=O) groups is 3. The van der Waals surface area contributed by atoms with Crippen LogP contribution in [0.2, 0.25) is 0 Å². The SMILES string of the molecule is COCCOC(=O)C1=C(C)N(Cc2ccc(C(=O)O)cc2)C(=O)NC1c1ccccc1C(F)(F)F. The summed E-state index contributed by atoms with van der Waals surface area (Å²) in [6.07, 6.45) is -4.72. The molecule has 1 atom stereocenters. The molecule has 11 heteroatoms. The Morgan fingerprint density at radius 2 is 1.74 bits per heavy atom. The van der Waals surface area contributed by atoms with Crippen LogP contribution in [0.3, 0.4) is 0 Å². The Labute approximate surface area is 198 Å². The number of aromatic carboxylic acids is 1. The topological polar surface area (TPSA) is 105 Å². The lowest BCUT2D eigenvalue weighted by molar-refractivity contribution is -0.142. The second-order valence-electron chi connectivity index (χ2n) is 7.68. The molecule has 0 aromatic heterocycles. The maximum atomic E-state index is 13.7. The summed E-state index contributed by atoms with van der Waals surface area (Å²) in [4.78, 5) is 38.3. The lowest BCUT2D eigenvalue weighted by Gasteiger charge is -2.36. The number of halogens is 3. The number of carboxylic acids is 1. The molecule has 0 aliphatic carbocycles. The number of esters is 1. The van der Waals surface area contributed by atoms with Crippen molar-refractivity contribution in [3.05, 3.63) is 82.1 Å². The Bertz CT molecular complexity index is 1140. The van der Waals surface area contributed by atoms with E-state index in [1.54, 1.807) is 0 Å². The number of carbonyl (C=O) groups excluding carboxylic acids is 2. The molecular weight excluding hydrogens is 469 g/mol. The predicted octanol–water partition coefficient (Wildman–Crippen LogP) is 4.13. The maximum Gasteiger partial charge on any atom is 0.416 e. The van der Waals surface area contributed by atoms with Crippen LogP contribution in [0.5, 0.6) is 0 Å². The van der Waals surface area contributed by atoms with Gasteiger partial charge in [0.2, 0.25) is 0 Å². The van der Waals surface area contributed by atoms with Gasteiger partial charge in [0.25, 0.3) is 0 Å². The van der Waals surface area contributed by atoms with Crippen LogP contribution in [0.15, 0.2) is 59.8 Å². The number of allylic oxidation sites excluding steroid dienone is 1. The van der Waals surface area contributed by atoms with Gasteiger partial charge in [-0.1, -0.05) is 30.3 Å². The van der Waals surface area contributed by atoms with E-state index in [1.165, 1.54) is 61.4 Å². The van der Waals surface area contributed by atoms with Gasteiger partial charge < -0.3 is 19.9 Å². The number of urea groups is 1. The number of carboxylic acid groups (broad SMARTS) is 1. The van der Waals surface area contributed by atoms with Gasteiger partial charge in [0.05, 0.1) is 35.9 Å². The van der Waals surface area contributed by atoms with Crippen LogP contribution >= 0.6 is 0 Å². The highest BCUT2D eigenvalue weighted by Gasteiger charge is 2.41. The van der Waals surface area contributed by atoms with Crippen molar-refractivity contribution < 1.29 is 42.1 Å². The zero-order valence-corrected chi connectivity index (χ0v) is 18.9. The minimum Gasteiger partial charge on any atom is -0.478 e. The first kappa shape index (κ1) is 25.8. The van der Waals surface area contributed by atoms with Crippen LogP contribution in [0.1, 0.15) is 40.0 Å². The summed E-state index contributed by atoms with van der Waals surface area (Å²) < 4.78 is 51.2. The van der Waals surface area contributed by atoms with Gasteiger partial charge in [-0.05, 0) is 36.2 Å². The minimum absolute atomic E-state index is 0.0512. The molecule has 1 unspecified atom stereocenters. The zero-order valence-electron chi connectivity index (χ0n) is 18.9. The molecule has 0 fully saturated rings. The van der Waals surface area contributed by atoms with E-state index in [9.17, 15) is 27.6 Å². The van der Waals surface area contributed by atoms with Gasteiger partial charge in [0.1, 0.15) is 6.61 Å². The molecule has 1 heterocycles. The number of ether oxygens (including phenoxy) is 2.